The molecule has 1 saturated heterocycles. The predicted molar refractivity (Wildman–Crippen MR) is 104 cm³/mol. The van der Waals surface area contributed by atoms with E-state index in [0.717, 1.165) is 39.1 Å². The number of ether oxygens (including phenoxy) is 1. The number of carbonyl (C=O) groups excluding carboxylic acids is 1. The maximum absolute atomic E-state index is 12.7. The van der Waals surface area contributed by atoms with Crippen molar-refractivity contribution >= 4 is 11.6 Å². The first kappa shape index (κ1) is 19.5. The number of amides is 1. The summed E-state index contributed by atoms with van der Waals surface area (Å²) in [6, 6.07) is 5.54. The molecule has 1 N–H and O–H groups in total. The molecule has 3 heterocycles. The van der Waals surface area contributed by atoms with Gasteiger partial charge in [0.25, 0.3) is 11.5 Å². The second kappa shape index (κ2) is 9.10. The first-order chi connectivity index (χ1) is 13.2. The lowest BCUT2D eigenvalue weighted by atomic mass is 9.92. The summed E-state index contributed by atoms with van der Waals surface area (Å²) in [5.41, 5.74) is 0.259. The molecule has 2 aromatic rings. The number of hydrogen-bond donors (Lipinski definition) is 1. The van der Waals surface area contributed by atoms with Gasteiger partial charge in [-0.15, -0.1) is 0 Å². The maximum atomic E-state index is 12.7. The van der Waals surface area contributed by atoms with Crippen molar-refractivity contribution in [1.29, 1.82) is 0 Å². The highest BCUT2D eigenvalue weighted by molar-refractivity contribution is 5.93. The van der Waals surface area contributed by atoms with E-state index in [4.69, 9.17) is 4.74 Å². The zero-order chi connectivity index (χ0) is 19.2. The number of fused-ring (bicyclic) bond motifs is 1. The molecule has 0 saturated carbocycles. The molecular formula is C20H28N4O3. The van der Waals surface area contributed by atoms with Crippen LogP contribution in [0.2, 0.25) is 0 Å². The number of carbonyl (C=O) groups is 1. The second-order valence-corrected chi connectivity index (χ2v) is 6.91. The lowest BCUT2D eigenvalue weighted by Gasteiger charge is -2.38. The van der Waals surface area contributed by atoms with Crippen molar-refractivity contribution in [2.24, 2.45) is 5.92 Å². The Morgan fingerprint density at radius 2 is 2.00 bits per heavy atom. The number of nitrogens with one attached hydrogen (secondary N) is 1. The van der Waals surface area contributed by atoms with Crippen LogP contribution in [0.15, 0.2) is 35.4 Å². The Hall–Kier alpha value is -2.25. The average molecular weight is 372 g/mol. The number of hydrogen-bond acceptors (Lipinski definition) is 5. The molecule has 3 rings (SSSR count). The molecule has 146 valence electrons. The molecule has 1 aliphatic heterocycles. The van der Waals surface area contributed by atoms with Crippen molar-refractivity contribution in [3.05, 3.63) is 46.5 Å². The van der Waals surface area contributed by atoms with Gasteiger partial charge in [-0.3, -0.25) is 18.9 Å². The van der Waals surface area contributed by atoms with Crippen LogP contribution in [0.25, 0.3) is 5.65 Å². The Labute approximate surface area is 159 Å². The van der Waals surface area contributed by atoms with Crippen LogP contribution in [0, 0.1) is 5.92 Å². The molecule has 27 heavy (non-hydrogen) atoms. The summed E-state index contributed by atoms with van der Waals surface area (Å²) in [6.45, 7) is 8.07. The number of pyridine rings is 1. The SMILES string of the molecule is CCC(CC)C(CNC(=O)c1cnc2ccccn2c1=O)N1CCOCC1. The van der Waals surface area contributed by atoms with Crippen LogP contribution >= 0.6 is 0 Å². The quantitative estimate of drug-likeness (QED) is 0.798. The van der Waals surface area contributed by atoms with Crippen LogP contribution in [0.4, 0.5) is 0 Å². The first-order valence-electron chi connectivity index (χ1n) is 9.72. The van der Waals surface area contributed by atoms with Crippen molar-refractivity contribution < 1.29 is 9.53 Å². The van der Waals surface area contributed by atoms with Gasteiger partial charge in [-0.05, 0) is 18.1 Å². The molecule has 1 amide bonds. The molecule has 0 radical (unpaired) electrons. The monoisotopic (exact) mass is 372 g/mol. The molecule has 0 aromatic carbocycles. The number of nitrogens with zero attached hydrogens (tertiary/aromatic N) is 3. The molecule has 0 spiro atoms. The van der Waals surface area contributed by atoms with Gasteiger partial charge in [0.2, 0.25) is 0 Å². The van der Waals surface area contributed by atoms with E-state index in [1.807, 2.05) is 6.07 Å². The normalized spacial score (nSPS) is 16.6. The zero-order valence-electron chi connectivity index (χ0n) is 16.1. The minimum Gasteiger partial charge on any atom is -0.379 e. The molecule has 1 aliphatic rings. The molecular weight excluding hydrogens is 344 g/mol. The topological polar surface area (TPSA) is 75.9 Å². The van der Waals surface area contributed by atoms with Gasteiger partial charge >= 0.3 is 0 Å². The molecule has 0 bridgehead atoms. The largest absolute Gasteiger partial charge is 0.379 e. The maximum Gasteiger partial charge on any atom is 0.270 e. The number of morpholine rings is 1. The fraction of sp³-hybridized carbons (Fsp3) is 0.550. The molecule has 1 atom stereocenters. The van der Waals surface area contributed by atoms with Crippen LogP contribution in [0.1, 0.15) is 37.0 Å². The minimum atomic E-state index is -0.366. The Bertz CT molecular complexity index is 825. The minimum absolute atomic E-state index is 0.0731. The summed E-state index contributed by atoms with van der Waals surface area (Å²) in [5.74, 6) is 0.120. The van der Waals surface area contributed by atoms with E-state index in [2.05, 4.69) is 29.0 Å². The summed E-state index contributed by atoms with van der Waals surface area (Å²) in [7, 11) is 0. The van der Waals surface area contributed by atoms with E-state index in [-0.39, 0.29) is 23.1 Å². The Morgan fingerprint density at radius 1 is 1.26 bits per heavy atom. The van der Waals surface area contributed by atoms with Crippen molar-refractivity contribution in [3.63, 3.8) is 0 Å². The second-order valence-electron chi connectivity index (χ2n) is 6.91. The van der Waals surface area contributed by atoms with Gasteiger partial charge in [-0.1, -0.05) is 32.8 Å². The van der Waals surface area contributed by atoms with Gasteiger partial charge < -0.3 is 10.1 Å². The standard InChI is InChI=1S/C20H28N4O3/c1-3-15(4-2)17(23-9-11-27-12-10-23)14-22-19(25)16-13-21-18-7-5-6-8-24(18)20(16)26/h5-8,13,15,17H,3-4,9-12,14H2,1-2H3,(H,22,25). The molecule has 1 fully saturated rings. The Kier molecular flexibility index (Phi) is 6.58. The van der Waals surface area contributed by atoms with Crippen LogP contribution in [-0.4, -0.2) is 59.1 Å². The van der Waals surface area contributed by atoms with E-state index >= 15 is 0 Å². The van der Waals surface area contributed by atoms with Gasteiger partial charge in [0.05, 0.1) is 13.2 Å². The summed E-state index contributed by atoms with van der Waals surface area (Å²) in [5, 5.41) is 2.98. The van der Waals surface area contributed by atoms with Gasteiger partial charge in [-0.2, -0.15) is 0 Å². The molecule has 0 aliphatic carbocycles. The van der Waals surface area contributed by atoms with Gasteiger partial charge in [0.15, 0.2) is 0 Å². The highest BCUT2D eigenvalue weighted by Gasteiger charge is 2.27. The number of rotatable bonds is 7. The highest BCUT2D eigenvalue weighted by atomic mass is 16.5. The van der Waals surface area contributed by atoms with E-state index in [1.54, 1.807) is 18.3 Å². The molecule has 7 nitrogen and oxygen atoms in total. The van der Waals surface area contributed by atoms with Crippen LogP contribution in [0.5, 0.6) is 0 Å². The van der Waals surface area contributed by atoms with Gasteiger partial charge in [0.1, 0.15) is 11.2 Å². The van der Waals surface area contributed by atoms with Crippen molar-refractivity contribution in [2.45, 2.75) is 32.7 Å². The van der Waals surface area contributed by atoms with Gasteiger partial charge in [0, 0.05) is 38.1 Å². The van der Waals surface area contributed by atoms with Crippen molar-refractivity contribution in [3.8, 4) is 0 Å². The summed E-state index contributed by atoms with van der Waals surface area (Å²) in [4.78, 5) is 31.9. The predicted octanol–water partition coefficient (Wildman–Crippen LogP) is 1.56. The third-order valence-corrected chi connectivity index (χ3v) is 5.44. The fourth-order valence-corrected chi connectivity index (χ4v) is 3.81. The van der Waals surface area contributed by atoms with Crippen LogP contribution in [-0.2, 0) is 4.74 Å². The number of aromatic nitrogens is 2. The fourth-order valence-electron chi connectivity index (χ4n) is 3.81. The molecule has 7 heteroatoms. The average Bonchev–Trinajstić information content (AvgIpc) is 2.72. The molecule has 2 aromatic heterocycles. The van der Waals surface area contributed by atoms with E-state index < -0.39 is 0 Å². The third-order valence-electron chi connectivity index (χ3n) is 5.44. The summed E-state index contributed by atoms with van der Waals surface area (Å²) >= 11 is 0. The highest BCUT2D eigenvalue weighted by Crippen LogP contribution is 2.19. The lowest BCUT2D eigenvalue weighted by molar-refractivity contribution is 0.00191. The lowest BCUT2D eigenvalue weighted by Crippen LogP contribution is -2.52. The smallest absolute Gasteiger partial charge is 0.270 e. The van der Waals surface area contributed by atoms with Crippen LogP contribution in [0.3, 0.4) is 0 Å². The van der Waals surface area contributed by atoms with Gasteiger partial charge in [-0.25, -0.2) is 4.98 Å². The van der Waals surface area contributed by atoms with E-state index in [0.29, 0.717) is 18.1 Å². The summed E-state index contributed by atoms with van der Waals surface area (Å²) in [6.07, 6.45) is 5.10. The van der Waals surface area contributed by atoms with E-state index in [1.165, 1.54) is 10.6 Å². The zero-order valence-corrected chi connectivity index (χ0v) is 16.1. The third kappa shape index (κ3) is 4.36. The van der Waals surface area contributed by atoms with Crippen LogP contribution < -0.4 is 10.9 Å². The first-order valence-corrected chi connectivity index (χ1v) is 9.72. The molecule has 1 unspecified atom stereocenters. The Balaban J connectivity index is 1.75. The summed E-state index contributed by atoms with van der Waals surface area (Å²) < 4.78 is 6.87. The van der Waals surface area contributed by atoms with Crippen molar-refractivity contribution in [2.75, 3.05) is 32.8 Å². The van der Waals surface area contributed by atoms with E-state index in [9.17, 15) is 9.59 Å². The Morgan fingerprint density at radius 3 is 2.70 bits per heavy atom. The van der Waals surface area contributed by atoms with Crippen molar-refractivity contribution in [1.82, 2.24) is 19.6 Å².